The van der Waals surface area contributed by atoms with E-state index in [1.54, 1.807) is 0 Å². The van der Waals surface area contributed by atoms with Gasteiger partial charge in [0.15, 0.2) is 0 Å². The third-order valence-electron chi connectivity index (χ3n) is 3.38. The monoisotopic (exact) mass is 295 g/mol. The molecule has 120 valence electrons. The molecule has 0 aromatic rings. The molecular formula is C17H29NO3. The first kappa shape index (κ1) is 19.5. The van der Waals surface area contributed by atoms with Crippen LogP contribution in [0.4, 0.5) is 0 Å². The van der Waals surface area contributed by atoms with E-state index < -0.39 is 5.97 Å². The van der Waals surface area contributed by atoms with Crippen LogP contribution in [0.5, 0.6) is 0 Å². The Morgan fingerprint density at radius 3 is 1.90 bits per heavy atom. The van der Waals surface area contributed by atoms with Crippen LogP contribution in [0.3, 0.4) is 0 Å². The highest BCUT2D eigenvalue weighted by molar-refractivity contribution is 5.90. The molecule has 0 aliphatic heterocycles. The van der Waals surface area contributed by atoms with Crippen LogP contribution in [0.2, 0.25) is 0 Å². The van der Waals surface area contributed by atoms with Crippen LogP contribution < -0.4 is 0 Å². The summed E-state index contributed by atoms with van der Waals surface area (Å²) in [5, 5.41) is 9.12. The number of carbonyl (C=O) groups is 1. The van der Waals surface area contributed by atoms with Gasteiger partial charge in [-0.3, -0.25) is 4.79 Å². The highest BCUT2D eigenvalue weighted by atomic mass is 16.5. The van der Waals surface area contributed by atoms with Gasteiger partial charge in [-0.25, -0.2) is 4.85 Å². The second-order valence-electron chi connectivity index (χ2n) is 5.36. The van der Waals surface area contributed by atoms with Crippen molar-refractivity contribution >= 4 is 5.97 Å². The number of hydrogen-bond donors (Lipinski definition) is 1. The lowest BCUT2D eigenvalue weighted by Crippen LogP contribution is -2.08. The van der Waals surface area contributed by atoms with Gasteiger partial charge in [-0.2, -0.15) is 0 Å². The Morgan fingerprint density at radius 1 is 1.00 bits per heavy atom. The third-order valence-corrected chi connectivity index (χ3v) is 3.38. The summed E-state index contributed by atoms with van der Waals surface area (Å²) in [6, 6.07) is 0. The summed E-state index contributed by atoms with van der Waals surface area (Å²) in [7, 11) is 0. The van der Waals surface area contributed by atoms with E-state index in [9.17, 15) is 4.79 Å². The minimum atomic E-state index is -0.721. The quantitative estimate of drug-likeness (QED) is 0.178. The van der Waals surface area contributed by atoms with E-state index >= 15 is 0 Å². The molecule has 0 rings (SSSR count). The highest BCUT2D eigenvalue weighted by Gasteiger charge is 2.14. The van der Waals surface area contributed by atoms with Crippen LogP contribution in [0.15, 0.2) is 11.5 Å². The van der Waals surface area contributed by atoms with Crippen LogP contribution in [-0.2, 0) is 9.53 Å². The molecule has 0 aliphatic rings. The zero-order valence-corrected chi connectivity index (χ0v) is 13.5. The summed E-state index contributed by atoms with van der Waals surface area (Å²) in [5.74, 6) is -1.00. The SMILES string of the molecule is [C-]#[N+]C(C(=O)OCCCCCCCCCCCC)=C(C)O. The van der Waals surface area contributed by atoms with Gasteiger partial charge < -0.3 is 9.84 Å². The smallest absolute Gasteiger partial charge is 0.339 e. The zero-order chi connectivity index (χ0) is 15.9. The number of ether oxygens (including phenoxy) is 1. The topological polar surface area (TPSA) is 50.9 Å². The van der Waals surface area contributed by atoms with Gasteiger partial charge in [0.2, 0.25) is 0 Å². The van der Waals surface area contributed by atoms with Crippen molar-refractivity contribution in [1.29, 1.82) is 0 Å². The summed E-state index contributed by atoms with van der Waals surface area (Å²) >= 11 is 0. The van der Waals surface area contributed by atoms with Crippen LogP contribution in [0.25, 0.3) is 4.85 Å². The molecule has 4 heteroatoms. The van der Waals surface area contributed by atoms with Gasteiger partial charge in [-0.15, -0.1) is 0 Å². The van der Waals surface area contributed by atoms with E-state index in [1.165, 1.54) is 51.9 Å². The average Bonchev–Trinajstić information content (AvgIpc) is 2.45. The standard InChI is InChI=1S/C17H29NO3/c1-4-5-6-7-8-9-10-11-12-13-14-21-17(20)16(18-3)15(2)19/h19H,4-14H2,1-2H3. The summed E-state index contributed by atoms with van der Waals surface area (Å²) < 4.78 is 4.96. The fourth-order valence-corrected chi connectivity index (χ4v) is 2.10. The number of rotatable bonds is 12. The first-order valence-electron chi connectivity index (χ1n) is 8.07. The molecule has 1 N–H and O–H groups in total. The minimum Gasteiger partial charge on any atom is -0.523 e. The number of allylic oxidation sites excluding steroid dienone is 1. The number of aliphatic hydroxyl groups is 1. The molecule has 0 atom stereocenters. The van der Waals surface area contributed by atoms with Gasteiger partial charge in [-0.05, 0) is 13.3 Å². The predicted molar refractivity (Wildman–Crippen MR) is 84.7 cm³/mol. The molecule has 0 bridgehead atoms. The molecule has 0 heterocycles. The minimum absolute atomic E-state index is 0.280. The van der Waals surface area contributed by atoms with E-state index in [4.69, 9.17) is 16.4 Å². The molecule has 0 fully saturated rings. The molecular weight excluding hydrogens is 266 g/mol. The van der Waals surface area contributed by atoms with Crippen molar-refractivity contribution in [2.24, 2.45) is 0 Å². The molecule has 21 heavy (non-hydrogen) atoms. The number of carbonyl (C=O) groups excluding carboxylic acids is 1. The van der Waals surface area contributed by atoms with Gasteiger partial charge in [0, 0.05) is 0 Å². The Labute approximate surface area is 129 Å². The Hall–Kier alpha value is -1.50. The van der Waals surface area contributed by atoms with Crippen LogP contribution >= 0.6 is 0 Å². The lowest BCUT2D eigenvalue weighted by atomic mass is 10.1. The molecule has 0 aromatic carbocycles. The predicted octanol–water partition coefficient (Wildman–Crippen LogP) is 5.16. The second kappa shape index (κ2) is 13.5. The summed E-state index contributed by atoms with van der Waals surface area (Å²) in [6.07, 6.45) is 12.2. The maximum atomic E-state index is 11.4. The number of nitrogens with zero attached hydrogens (tertiary/aromatic N) is 1. The molecule has 0 aliphatic carbocycles. The summed E-state index contributed by atoms with van der Waals surface area (Å²) in [5.41, 5.74) is -0.318. The molecule has 0 aromatic heterocycles. The van der Waals surface area contributed by atoms with Crippen molar-refractivity contribution in [3.05, 3.63) is 22.9 Å². The van der Waals surface area contributed by atoms with Crippen LogP contribution in [0, 0.1) is 6.57 Å². The Bertz CT molecular complexity index is 352. The van der Waals surface area contributed by atoms with Crippen LogP contribution in [0.1, 0.15) is 78.1 Å². The normalized spacial score (nSPS) is 11.7. The maximum Gasteiger partial charge on any atom is 0.339 e. The van der Waals surface area contributed by atoms with E-state index in [0.29, 0.717) is 6.61 Å². The number of esters is 1. The molecule has 0 amide bonds. The first-order chi connectivity index (χ1) is 10.1. The van der Waals surface area contributed by atoms with E-state index in [-0.39, 0.29) is 11.5 Å². The maximum absolute atomic E-state index is 11.4. The van der Waals surface area contributed by atoms with E-state index in [2.05, 4.69) is 11.8 Å². The summed E-state index contributed by atoms with van der Waals surface area (Å²) in [6.45, 7) is 10.6. The molecule has 0 spiro atoms. The highest BCUT2D eigenvalue weighted by Crippen LogP contribution is 2.11. The van der Waals surface area contributed by atoms with E-state index in [0.717, 1.165) is 19.3 Å². The van der Waals surface area contributed by atoms with Gasteiger partial charge in [0.05, 0.1) is 13.2 Å². The largest absolute Gasteiger partial charge is 0.523 e. The van der Waals surface area contributed by atoms with Crippen molar-refractivity contribution in [1.82, 2.24) is 0 Å². The van der Waals surface area contributed by atoms with Crippen molar-refractivity contribution < 1.29 is 14.6 Å². The third kappa shape index (κ3) is 10.9. The molecule has 4 nitrogen and oxygen atoms in total. The van der Waals surface area contributed by atoms with Crippen molar-refractivity contribution in [3.8, 4) is 0 Å². The van der Waals surface area contributed by atoms with E-state index in [1.807, 2.05) is 0 Å². The van der Waals surface area contributed by atoms with Crippen molar-refractivity contribution in [2.45, 2.75) is 78.1 Å². The Kier molecular flexibility index (Phi) is 12.5. The van der Waals surface area contributed by atoms with Gasteiger partial charge in [0.25, 0.3) is 0 Å². The fourth-order valence-electron chi connectivity index (χ4n) is 2.10. The number of unbranched alkanes of at least 4 members (excludes halogenated alkanes) is 9. The zero-order valence-electron chi connectivity index (χ0n) is 13.5. The first-order valence-corrected chi connectivity index (χ1v) is 8.07. The molecule has 0 saturated carbocycles. The molecule has 0 unspecified atom stereocenters. The molecule has 0 radical (unpaired) electrons. The summed E-state index contributed by atoms with van der Waals surface area (Å²) in [4.78, 5) is 14.4. The Morgan fingerprint density at radius 2 is 1.48 bits per heavy atom. The van der Waals surface area contributed by atoms with Gasteiger partial charge in [0.1, 0.15) is 5.76 Å². The van der Waals surface area contributed by atoms with Gasteiger partial charge >= 0.3 is 11.7 Å². The lowest BCUT2D eigenvalue weighted by molar-refractivity contribution is -0.139. The van der Waals surface area contributed by atoms with Crippen molar-refractivity contribution in [2.75, 3.05) is 6.61 Å². The fraction of sp³-hybridized carbons (Fsp3) is 0.765. The Balaban J connectivity index is 3.43. The van der Waals surface area contributed by atoms with Crippen LogP contribution in [-0.4, -0.2) is 17.7 Å². The van der Waals surface area contributed by atoms with Gasteiger partial charge in [-0.1, -0.05) is 64.7 Å². The number of aliphatic hydroxyl groups excluding tert-OH is 1. The number of hydrogen-bond acceptors (Lipinski definition) is 3. The molecule has 0 saturated heterocycles. The lowest BCUT2D eigenvalue weighted by Gasteiger charge is -2.05. The second-order valence-corrected chi connectivity index (χ2v) is 5.36. The average molecular weight is 295 g/mol. The van der Waals surface area contributed by atoms with Crippen molar-refractivity contribution in [3.63, 3.8) is 0 Å².